The van der Waals surface area contributed by atoms with Gasteiger partial charge in [0.05, 0.1) is 0 Å². The van der Waals surface area contributed by atoms with Crippen molar-refractivity contribution in [1.29, 1.82) is 0 Å². The second kappa shape index (κ2) is 7.57. The molecule has 0 fully saturated rings. The van der Waals surface area contributed by atoms with Gasteiger partial charge in [0.25, 0.3) is 5.91 Å². The standard InChI is InChI=1S/C20H20N4O/c1-14-7-3-5-9-16(14)13-21-18-11-12-19(24-23-18)22-20(25)17-10-6-4-8-15(17)2/h3-12H,13H2,1-2H3,(H,21,23)(H,22,24,25). The summed E-state index contributed by atoms with van der Waals surface area (Å²) in [6, 6.07) is 19.2. The van der Waals surface area contributed by atoms with Crippen LogP contribution in [-0.2, 0) is 6.54 Å². The highest BCUT2D eigenvalue weighted by Crippen LogP contribution is 2.13. The summed E-state index contributed by atoms with van der Waals surface area (Å²) in [4.78, 5) is 12.3. The molecule has 0 unspecified atom stereocenters. The molecule has 1 heterocycles. The molecule has 0 aliphatic carbocycles. The first-order valence-corrected chi connectivity index (χ1v) is 8.12. The lowest BCUT2D eigenvalue weighted by molar-refractivity contribution is 0.102. The van der Waals surface area contributed by atoms with E-state index >= 15 is 0 Å². The third-order valence-corrected chi connectivity index (χ3v) is 4.02. The Bertz CT molecular complexity index is 875. The molecule has 3 rings (SSSR count). The van der Waals surface area contributed by atoms with Crippen LogP contribution in [0.2, 0.25) is 0 Å². The summed E-state index contributed by atoms with van der Waals surface area (Å²) in [5.74, 6) is 0.903. The SMILES string of the molecule is Cc1ccccc1CNc1ccc(NC(=O)c2ccccc2C)nn1. The summed E-state index contributed by atoms with van der Waals surface area (Å²) in [5, 5.41) is 14.2. The van der Waals surface area contributed by atoms with Gasteiger partial charge in [0, 0.05) is 12.1 Å². The van der Waals surface area contributed by atoms with Gasteiger partial charge in [-0.15, -0.1) is 10.2 Å². The first kappa shape index (κ1) is 16.6. The lowest BCUT2D eigenvalue weighted by Gasteiger charge is -2.09. The van der Waals surface area contributed by atoms with Crippen molar-refractivity contribution in [1.82, 2.24) is 10.2 Å². The molecule has 0 aliphatic heterocycles. The number of carbonyl (C=O) groups excluding carboxylic acids is 1. The number of aromatic nitrogens is 2. The van der Waals surface area contributed by atoms with Crippen molar-refractivity contribution in [2.24, 2.45) is 0 Å². The van der Waals surface area contributed by atoms with Crippen LogP contribution in [0.1, 0.15) is 27.0 Å². The van der Waals surface area contributed by atoms with Gasteiger partial charge in [-0.05, 0) is 48.7 Å². The minimum atomic E-state index is -0.187. The fraction of sp³-hybridized carbons (Fsp3) is 0.150. The number of hydrogen-bond acceptors (Lipinski definition) is 4. The Balaban J connectivity index is 1.62. The van der Waals surface area contributed by atoms with Crippen LogP contribution >= 0.6 is 0 Å². The highest BCUT2D eigenvalue weighted by molar-refractivity contribution is 6.04. The molecule has 126 valence electrons. The fourth-order valence-corrected chi connectivity index (χ4v) is 2.50. The average Bonchev–Trinajstić information content (AvgIpc) is 2.62. The molecule has 25 heavy (non-hydrogen) atoms. The summed E-state index contributed by atoms with van der Waals surface area (Å²) in [5.41, 5.74) is 3.99. The first-order valence-electron chi connectivity index (χ1n) is 8.12. The van der Waals surface area contributed by atoms with E-state index in [1.807, 2.05) is 37.3 Å². The van der Waals surface area contributed by atoms with E-state index in [1.54, 1.807) is 18.2 Å². The molecule has 0 bridgehead atoms. The van der Waals surface area contributed by atoms with Gasteiger partial charge in [-0.3, -0.25) is 4.79 Å². The van der Waals surface area contributed by atoms with Gasteiger partial charge in [0.15, 0.2) is 5.82 Å². The summed E-state index contributed by atoms with van der Waals surface area (Å²) < 4.78 is 0. The lowest BCUT2D eigenvalue weighted by atomic mass is 10.1. The van der Waals surface area contributed by atoms with Crippen LogP contribution in [0, 0.1) is 13.8 Å². The molecule has 0 aliphatic rings. The van der Waals surface area contributed by atoms with Crippen LogP contribution in [0.15, 0.2) is 60.7 Å². The Hall–Kier alpha value is -3.21. The van der Waals surface area contributed by atoms with Gasteiger partial charge in [-0.1, -0.05) is 42.5 Å². The van der Waals surface area contributed by atoms with Crippen LogP contribution in [0.5, 0.6) is 0 Å². The number of nitrogens with one attached hydrogen (secondary N) is 2. The maximum atomic E-state index is 12.3. The zero-order valence-corrected chi connectivity index (χ0v) is 14.3. The molecule has 0 saturated heterocycles. The van der Waals surface area contributed by atoms with Crippen LogP contribution in [0.3, 0.4) is 0 Å². The van der Waals surface area contributed by atoms with E-state index < -0.39 is 0 Å². The molecule has 2 N–H and O–H groups in total. The number of hydrogen-bond donors (Lipinski definition) is 2. The molecular formula is C20H20N4O. The molecule has 3 aromatic rings. The van der Waals surface area contributed by atoms with Crippen LogP contribution in [0.25, 0.3) is 0 Å². The molecule has 1 amide bonds. The van der Waals surface area contributed by atoms with E-state index in [9.17, 15) is 4.79 Å². The number of carbonyl (C=O) groups is 1. The van der Waals surface area contributed by atoms with Crippen molar-refractivity contribution in [2.75, 3.05) is 10.6 Å². The third-order valence-electron chi connectivity index (χ3n) is 4.02. The van der Waals surface area contributed by atoms with Gasteiger partial charge in [0.1, 0.15) is 5.82 Å². The molecule has 0 atom stereocenters. The molecule has 0 spiro atoms. The Morgan fingerprint density at radius 3 is 2.16 bits per heavy atom. The highest BCUT2D eigenvalue weighted by Gasteiger charge is 2.09. The largest absolute Gasteiger partial charge is 0.364 e. The molecule has 0 radical (unpaired) electrons. The monoisotopic (exact) mass is 332 g/mol. The number of anilines is 2. The predicted octanol–water partition coefficient (Wildman–Crippen LogP) is 3.96. The molecule has 5 heteroatoms. The van der Waals surface area contributed by atoms with Gasteiger partial charge in [-0.25, -0.2) is 0 Å². The summed E-state index contributed by atoms with van der Waals surface area (Å²) in [6.07, 6.45) is 0. The van der Waals surface area contributed by atoms with E-state index in [4.69, 9.17) is 0 Å². The molecular weight excluding hydrogens is 312 g/mol. The molecule has 1 aromatic heterocycles. The topological polar surface area (TPSA) is 66.9 Å². The number of rotatable bonds is 5. The van der Waals surface area contributed by atoms with Gasteiger partial charge in [-0.2, -0.15) is 0 Å². The number of amides is 1. The second-order valence-electron chi connectivity index (χ2n) is 5.85. The van der Waals surface area contributed by atoms with Crippen LogP contribution < -0.4 is 10.6 Å². The summed E-state index contributed by atoms with van der Waals surface area (Å²) in [6.45, 7) is 4.66. The van der Waals surface area contributed by atoms with Crippen molar-refractivity contribution in [3.63, 3.8) is 0 Å². The molecule has 5 nitrogen and oxygen atoms in total. The van der Waals surface area contributed by atoms with Crippen molar-refractivity contribution in [2.45, 2.75) is 20.4 Å². The molecule has 2 aromatic carbocycles. The van der Waals surface area contributed by atoms with E-state index in [-0.39, 0.29) is 5.91 Å². The molecule has 0 saturated carbocycles. The minimum absolute atomic E-state index is 0.187. The second-order valence-corrected chi connectivity index (χ2v) is 5.85. The van der Waals surface area contributed by atoms with Crippen molar-refractivity contribution in [3.05, 3.63) is 82.9 Å². The Morgan fingerprint density at radius 2 is 1.48 bits per heavy atom. The summed E-state index contributed by atoms with van der Waals surface area (Å²) in [7, 11) is 0. The highest BCUT2D eigenvalue weighted by atomic mass is 16.1. The third kappa shape index (κ3) is 4.20. The Morgan fingerprint density at radius 1 is 0.840 bits per heavy atom. The average molecular weight is 332 g/mol. The van der Waals surface area contributed by atoms with Crippen molar-refractivity contribution < 1.29 is 4.79 Å². The number of aryl methyl sites for hydroxylation is 2. The van der Waals surface area contributed by atoms with E-state index in [0.29, 0.717) is 23.7 Å². The van der Waals surface area contributed by atoms with Gasteiger partial charge >= 0.3 is 0 Å². The van der Waals surface area contributed by atoms with Crippen molar-refractivity contribution >= 4 is 17.5 Å². The van der Waals surface area contributed by atoms with Crippen LogP contribution in [-0.4, -0.2) is 16.1 Å². The lowest BCUT2D eigenvalue weighted by Crippen LogP contribution is -2.15. The quantitative estimate of drug-likeness (QED) is 0.742. The predicted molar refractivity (Wildman–Crippen MR) is 99.7 cm³/mol. The van der Waals surface area contributed by atoms with E-state index in [2.05, 4.69) is 39.9 Å². The fourth-order valence-electron chi connectivity index (χ4n) is 2.50. The van der Waals surface area contributed by atoms with E-state index in [0.717, 1.165) is 5.56 Å². The van der Waals surface area contributed by atoms with Crippen LogP contribution in [0.4, 0.5) is 11.6 Å². The first-order chi connectivity index (χ1) is 12.1. The van der Waals surface area contributed by atoms with E-state index in [1.165, 1.54) is 11.1 Å². The zero-order chi connectivity index (χ0) is 17.6. The smallest absolute Gasteiger partial charge is 0.257 e. The van der Waals surface area contributed by atoms with Crippen molar-refractivity contribution in [3.8, 4) is 0 Å². The Labute approximate surface area is 147 Å². The van der Waals surface area contributed by atoms with Gasteiger partial charge in [0.2, 0.25) is 0 Å². The maximum Gasteiger partial charge on any atom is 0.257 e. The Kier molecular flexibility index (Phi) is 5.04. The normalized spacial score (nSPS) is 10.3. The maximum absolute atomic E-state index is 12.3. The van der Waals surface area contributed by atoms with Gasteiger partial charge < -0.3 is 10.6 Å². The summed E-state index contributed by atoms with van der Waals surface area (Å²) >= 11 is 0. The number of benzene rings is 2. The number of nitrogens with zero attached hydrogens (tertiary/aromatic N) is 2. The minimum Gasteiger partial charge on any atom is -0.364 e. The zero-order valence-electron chi connectivity index (χ0n) is 14.3.